The molecule has 30 heavy (non-hydrogen) atoms. The highest BCUT2D eigenvalue weighted by Crippen LogP contribution is 2.24. The van der Waals surface area contributed by atoms with Crippen LogP contribution in [0.1, 0.15) is 10.4 Å². The van der Waals surface area contributed by atoms with Gasteiger partial charge in [-0.1, -0.05) is 18.2 Å². The van der Waals surface area contributed by atoms with E-state index in [1.807, 2.05) is 30.3 Å². The number of ether oxygens (including phenoxy) is 4. The summed E-state index contributed by atoms with van der Waals surface area (Å²) in [5.41, 5.74) is 0.779. The molecule has 3 rings (SSSR count). The molecule has 0 atom stereocenters. The van der Waals surface area contributed by atoms with E-state index < -0.39 is 18.5 Å². The van der Waals surface area contributed by atoms with Crippen molar-refractivity contribution in [1.82, 2.24) is 0 Å². The summed E-state index contributed by atoms with van der Waals surface area (Å²) >= 11 is 0. The lowest BCUT2D eigenvalue weighted by Gasteiger charge is -2.10. The molecule has 0 saturated heterocycles. The van der Waals surface area contributed by atoms with Crippen molar-refractivity contribution in [3.05, 3.63) is 78.4 Å². The molecule has 7 nitrogen and oxygen atoms in total. The second kappa shape index (κ2) is 9.97. The molecule has 0 radical (unpaired) electrons. The van der Waals surface area contributed by atoms with Gasteiger partial charge in [-0.15, -0.1) is 0 Å². The highest BCUT2D eigenvalue weighted by atomic mass is 16.5. The molecule has 0 fully saturated rings. The van der Waals surface area contributed by atoms with E-state index in [-0.39, 0.29) is 5.56 Å². The smallest absolute Gasteiger partial charge is 0.338 e. The highest BCUT2D eigenvalue weighted by molar-refractivity contribution is 5.95. The highest BCUT2D eigenvalue weighted by Gasteiger charge is 2.13. The lowest BCUT2D eigenvalue weighted by atomic mass is 10.2. The predicted molar refractivity (Wildman–Crippen MR) is 111 cm³/mol. The second-order valence-corrected chi connectivity index (χ2v) is 6.17. The van der Waals surface area contributed by atoms with Crippen molar-refractivity contribution in [2.45, 2.75) is 0 Å². The Kier molecular flexibility index (Phi) is 6.89. The van der Waals surface area contributed by atoms with Crippen LogP contribution in [0.2, 0.25) is 0 Å². The summed E-state index contributed by atoms with van der Waals surface area (Å²) in [4.78, 5) is 24.3. The maximum atomic E-state index is 12.2. The predicted octanol–water partition coefficient (Wildman–Crippen LogP) is 4.29. The van der Waals surface area contributed by atoms with E-state index in [2.05, 4.69) is 5.32 Å². The minimum Gasteiger partial charge on any atom is -0.497 e. The number of carbonyl (C=O) groups is 2. The van der Waals surface area contributed by atoms with Crippen LogP contribution in [0.3, 0.4) is 0 Å². The minimum atomic E-state index is -0.658. The van der Waals surface area contributed by atoms with E-state index in [0.717, 1.165) is 5.75 Å². The Labute approximate surface area is 174 Å². The largest absolute Gasteiger partial charge is 0.497 e. The van der Waals surface area contributed by atoms with E-state index in [1.54, 1.807) is 30.3 Å². The molecule has 0 saturated carbocycles. The van der Waals surface area contributed by atoms with Gasteiger partial charge in [0.05, 0.1) is 19.8 Å². The SMILES string of the molecule is COc1cc(OC)cc(C(=O)OCC(=O)Nc2ccc(Oc3ccccc3)cc2)c1. The number of amides is 1. The number of carbonyl (C=O) groups excluding carboxylic acids is 2. The van der Waals surface area contributed by atoms with Crippen molar-refractivity contribution in [2.24, 2.45) is 0 Å². The second-order valence-electron chi connectivity index (χ2n) is 6.17. The zero-order valence-electron chi connectivity index (χ0n) is 16.6. The number of anilines is 1. The van der Waals surface area contributed by atoms with Gasteiger partial charge >= 0.3 is 5.97 Å². The van der Waals surface area contributed by atoms with E-state index >= 15 is 0 Å². The fraction of sp³-hybridized carbons (Fsp3) is 0.130. The van der Waals surface area contributed by atoms with Crippen LogP contribution in [-0.2, 0) is 9.53 Å². The third-order valence-corrected chi connectivity index (χ3v) is 4.04. The van der Waals surface area contributed by atoms with Crippen molar-refractivity contribution < 1.29 is 28.5 Å². The third kappa shape index (κ3) is 5.75. The molecule has 0 bridgehead atoms. The zero-order valence-corrected chi connectivity index (χ0v) is 16.6. The van der Waals surface area contributed by atoms with Crippen LogP contribution < -0.4 is 19.5 Å². The van der Waals surface area contributed by atoms with Crippen LogP contribution in [0, 0.1) is 0 Å². The fourth-order valence-corrected chi connectivity index (χ4v) is 2.57. The number of para-hydroxylation sites is 1. The van der Waals surface area contributed by atoms with Crippen molar-refractivity contribution in [2.75, 3.05) is 26.1 Å². The molecule has 0 heterocycles. The summed E-state index contributed by atoms with van der Waals surface area (Å²) in [6.07, 6.45) is 0. The molecular formula is C23H21NO6. The Morgan fingerprint density at radius 1 is 0.767 bits per heavy atom. The first-order valence-electron chi connectivity index (χ1n) is 9.10. The van der Waals surface area contributed by atoms with Crippen LogP contribution in [-0.4, -0.2) is 32.7 Å². The van der Waals surface area contributed by atoms with Gasteiger partial charge in [-0.3, -0.25) is 4.79 Å². The van der Waals surface area contributed by atoms with Gasteiger partial charge in [-0.05, 0) is 48.5 Å². The molecule has 7 heteroatoms. The molecule has 3 aromatic carbocycles. The number of nitrogens with one attached hydrogen (secondary N) is 1. The lowest BCUT2D eigenvalue weighted by molar-refractivity contribution is -0.119. The Bertz CT molecular complexity index is 980. The molecule has 0 unspecified atom stereocenters. The number of benzene rings is 3. The Balaban J connectivity index is 1.52. The first-order chi connectivity index (χ1) is 14.6. The number of hydrogen-bond acceptors (Lipinski definition) is 6. The van der Waals surface area contributed by atoms with Crippen LogP contribution in [0.15, 0.2) is 72.8 Å². The van der Waals surface area contributed by atoms with Gasteiger partial charge in [-0.2, -0.15) is 0 Å². The van der Waals surface area contributed by atoms with Gasteiger partial charge in [0.1, 0.15) is 23.0 Å². The minimum absolute atomic E-state index is 0.224. The molecule has 3 aromatic rings. The van der Waals surface area contributed by atoms with E-state index in [1.165, 1.54) is 26.4 Å². The van der Waals surface area contributed by atoms with Gasteiger partial charge in [0.2, 0.25) is 0 Å². The van der Waals surface area contributed by atoms with E-state index in [0.29, 0.717) is 22.9 Å². The first kappa shape index (κ1) is 20.7. The van der Waals surface area contributed by atoms with Gasteiger partial charge in [0, 0.05) is 11.8 Å². The maximum Gasteiger partial charge on any atom is 0.338 e. The Morgan fingerprint density at radius 3 is 1.97 bits per heavy atom. The average Bonchev–Trinajstić information content (AvgIpc) is 2.79. The molecular weight excluding hydrogens is 386 g/mol. The van der Waals surface area contributed by atoms with Gasteiger partial charge < -0.3 is 24.3 Å². The van der Waals surface area contributed by atoms with Crippen molar-refractivity contribution in [1.29, 1.82) is 0 Å². The average molecular weight is 407 g/mol. The number of hydrogen-bond donors (Lipinski definition) is 1. The monoisotopic (exact) mass is 407 g/mol. The summed E-state index contributed by atoms with van der Waals surface area (Å²) in [5, 5.41) is 2.66. The van der Waals surface area contributed by atoms with Crippen LogP contribution in [0.5, 0.6) is 23.0 Å². The number of esters is 1. The Morgan fingerprint density at radius 2 is 1.37 bits per heavy atom. The number of methoxy groups -OCH3 is 2. The van der Waals surface area contributed by atoms with Gasteiger partial charge in [0.25, 0.3) is 5.91 Å². The molecule has 1 N–H and O–H groups in total. The molecule has 0 spiro atoms. The molecule has 1 amide bonds. The van der Waals surface area contributed by atoms with Crippen molar-refractivity contribution in [3.63, 3.8) is 0 Å². The third-order valence-electron chi connectivity index (χ3n) is 4.04. The van der Waals surface area contributed by atoms with E-state index in [9.17, 15) is 9.59 Å². The summed E-state index contributed by atoms with van der Waals surface area (Å²) in [6.45, 7) is -0.430. The van der Waals surface area contributed by atoms with Crippen molar-refractivity contribution >= 4 is 17.6 Å². The maximum absolute atomic E-state index is 12.2. The zero-order chi connectivity index (χ0) is 21.3. The quantitative estimate of drug-likeness (QED) is 0.561. The van der Waals surface area contributed by atoms with Gasteiger partial charge in [0.15, 0.2) is 6.61 Å². The fourth-order valence-electron chi connectivity index (χ4n) is 2.57. The van der Waals surface area contributed by atoms with E-state index in [4.69, 9.17) is 18.9 Å². The standard InChI is InChI=1S/C23H21NO6/c1-27-20-12-16(13-21(14-20)28-2)23(26)29-15-22(25)24-17-8-10-19(11-9-17)30-18-6-4-3-5-7-18/h3-14H,15H2,1-2H3,(H,24,25). The summed E-state index contributed by atoms with van der Waals surface area (Å²) in [7, 11) is 2.96. The van der Waals surface area contributed by atoms with Crippen LogP contribution in [0.4, 0.5) is 5.69 Å². The van der Waals surface area contributed by atoms with Gasteiger partial charge in [-0.25, -0.2) is 4.79 Å². The normalized spacial score (nSPS) is 10.1. The molecule has 0 aliphatic carbocycles. The first-order valence-corrected chi connectivity index (χ1v) is 9.10. The van der Waals surface area contributed by atoms with Crippen molar-refractivity contribution in [3.8, 4) is 23.0 Å². The van der Waals surface area contributed by atoms with Crippen LogP contribution >= 0.6 is 0 Å². The Hall–Kier alpha value is -4.00. The summed E-state index contributed by atoms with van der Waals surface area (Å²) in [5.74, 6) is 1.13. The topological polar surface area (TPSA) is 83.1 Å². The lowest BCUT2D eigenvalue weighted by Crippen LogP contribution is -2.21. The molecule has 0 aliphatic heterocycles. The summed E-state index contributed by atoms with van der Waals surface area (Å²) < 4.78 is 21.0. The molecule has 0 aromatic heterocycles. The molecule has 0 aliphatic rings. The van der Waals surface area contributed by atoms with Crippen LogP contribution in [0.25, 0.3) is 0 Å². The molecule has 154 valence electrons. The summed E-state index contributed by atoms with van der Waals surface area (Å²) in [6, 6.07) is 20.9. The number of rotatable bonds is 8.